The minimum Gasteiger partial charge on any atom is -0.309 e. The van der Waals surface area contributed by atoms with E-state index in [1.165, 1.54) is 19.8 Å². The first kappa shape index (κ1) is 16.2. The van der Waals surface area contributed by atoms with E-state index >= 15 is 0 Å². The fourth-order valence-electron chi connectivity index (χ4n) is 2.09. The Kier molecular flexibility index (Phi) is 6.27. The summed E-state index contributed by atoms with van der Waals surface area (Å²) in [7, 11) is 0. The van der Waals surface area contributed by atoms with Gasteiger partial charge in [-0.25, -0.2) is 0 Å². The molecule has 4 heteroatoms. The third-order valence-electron chi connectivity index (χ3n) is 3.21. The summed E-state index contributed by atoms with van der Waals surface area (Å²) in [5.74, 6) is 0. The number of thiophene rings is 1. The van der Waals surface area contributed by atoms with Gasteiger partial charge in [0.1, 0.15) is 0 Å². The molecule has 0 aliphatic heterocycles. The highest BCUT2D eigenvalue weighted by molar-refractivity contribution is 9.13. The molecule has 0 radical (unpaired) electrons. The molecule has 0 spiro atoms. The summed E-state index contributed by atoms with van der Waals surface area (Å²) in [6, 6.07) is 11.4. The zero-order chi connectivity index (χ0) is 14.5. The molecule has 1 nitrogen and oxygen atoms in total. The Bertz CT molecular complexity index is 529. The van der Waals surface area contributed by atoms with Crippen molar-refractivity contribution in [3.05, 3.63) is 54.6 Å². The van der Waals surface area contributed by atoms with Gasteiger partial charge in [-0.2, -0.15) is 0 Å². The second-order valence-electron chi connectivity index (χ2n) is 4.97. The Labute approximate surface area is 142 Å². The number of nitrogens with one attached hydrogen (secondary N) is 1. The van der Waals surface area contributed by atoms with E-state index in [1.807, 2.05) is 0 Å². The first-order valence-corrected chi connectivity index (χ1v) is 9.24. The van der Waals surface area contributed by atoms with Crippen molar-refractivity contribution in [2.24, 2.45) is 0 Å². The number of benzene rings is 1. The van der Waals surface area contributed by atoms with Crippen LogP contribution < -0.4 is 5.32 Å². The summed E-state index contributed by atoms with van der Waals surface area (Å²) in [5.41, 5.74) is 2.69. The molecule has 0 saturated carbocycles. The summed E-state index contributed by atoms with van der Waals surface area (Å²) in [4.78, 5) is 1.37. The molecule has 1 atom stereocenters. The summed E-state index contributed by atoms with van der Waals surface area (Å²) in [6.07, 6.45) is 2.18. The van der Waals surface area contributed by atoms with Gasteiger partial charge in [0.25, 0.3) is 0 Å². The summed E-state index contributed by atoms with van der Waals surface area (Å²) in [5, 5.41) is 3.66. The molecule has 1 aromatic heterocycles. The minimum absolute atomic E-state index is 0.380. The maximum Gasteiger partial charge on any atom is 0.0843 e. The molecule has 2 rings (SSSR count). The lowest BCUT2D eigenvalue weighted by Gasteiger charge is -2.17. The predicted octanol–water partition coefficient (Wildman–Crippen LogP) is 5.86. The van der Waals surface area contributed by atoms with Gasteiger partial charge in [-0.15, -0.1) is 11.3 Å². The van der Waals surface area contributed by atoms with Gasteiger partial charge in [-0.3, -0.25) is 0 Å². The van der Waals surface area contributed by atoms with Gasteiger partial charge in [0, 0.05) is 15.4 Å². The zero-order valence-electron chi connectivity index (χ0n) is 11.7. The highest BCUT2D eigenvalue weighted by Crippen LogP contribution is 2.36. The van der Waals surface area contributed by atoms with Gasteiger partial charge in [0.2, 0.25) is 0 Å². The molecule has 0 aliphatic carbocycles. The lowest BCUT2D eigenvalue weighted by atomic mass is 10.0. The topological polar surface area (TPSA) is 12.0 Å². The van der Waals surface area contributed by atoms with Crippen molar-refractivity contribution in [3.8, 4) is 0 Å². The number of rotatable bonds is 6. The van der Waals surface area contributed by atoms with E-state index < -0.39 is 0 Å². The Morgan fingerprint density at radius 1 is 1.20 bits per heavy atom. The molecule has 1 heterocycles. The average Bonchev–Trinajstić information content (AvgIpc) is 2.77. The SMILES string of the molecule is CCCNC(Cc1ccc(C)cc1)c1cc(Br)c(Br)s1. The molecule has 108 valence electrons. The van der Waals surface area contributed by atoms with Crippen LogP contribution in [0.15, 0.2) is 38.6 Å². The van der Waals surface area contributed by atoms with Gasteiger partial charge in [0.05, 0.1) is 3.79 Å². The van der Waals surface area contributed by atoms with Gasteiger partial charge >= 0.3 is 0 Å². The Morgan fingerprint density at radius 2 is 1.90 bits per heavy atom. The molecule has 0 fully saturated rings. The molecular formula is C16H19Br2NS. The summed E-state index contributed by atoms with van der Waals surface area (Å²) in [6.45, 7) is 5.38. The number of aryl methyl sites for hydroxylation is 1. The molecule has 0 bridgehead atoms. The van der Waals surface area contributed by atoms with Crippen LogP contribution in [0.3, 0.4) is 0 Å². The lowest BCUT2D eigenvalue weighted by molar-refractivity contribution is 0.536. The molecule has 0 saturated heterocycles. The van der Waals surface area contributed by atoms with Crippen LogP contribution >= 0.6 is 43.2 Å². The van der Waals surface area contributed by atoms with E-state index in [2.05, 4.69) is 81.4 Å². The Hall–Kier alpha value is -0.160. The van der Waals surface area contributed by atoms with Crippen LogP contribution in [0.5, 0.6) is 0 Å². The molecule has 2 aromatic rings. The summed E-state index contributed by atoms with van der Waals surface area (Å²) >= 11 is 8.98. The maximum absolute atomic E-state index is 3.66. The standard InChI is InChI=1S/C16H19Br2NS/c1-3-8-19-14(15-10-13(17)16(18)20-15)9-12-6-4-11(2)5-7-12/h4-7,10,14,19H,3,8-9H2,1-2H3. The second kappa shape index (κ2) is 7.74. The van der Waals surface area contributed by atoms with Crippen LogP contribution in [0.2, 0.25) is 0 Å². The van der Waals surface area contributed by atoms with Crippen LogP contribution in [-0.4, -0.2) is 6.54 Å². The second-order valence-corrected chi connectivity index (χ2v) is 8.22. The Morgan fingerprint density at radius 3 is 2.45 bits per heavy atom. The van der Waals surface area contributed by atoms with Crippen LogP contribution in [0.4, 0.5) is 0 Å². The van der Waals surface area contributed by atoms with Crippen LogP contribution in [0, 0.1) is 6.92 Å². The first-order valence-electron chi connectivity index (χ1n) is 6.83. The van der Waals surface area contributed by atoms with Crippen LogP contribution in [0.25, 0.3) is 0 Å². The van der Waals surface area contributed by atoms with Crippen molar-refractivity contribution in [1.29, 1.82) is 0 Å². The van der Waals surface area contributed by atoms with Crippen molar-refractivity contribution in [3.63, 3.8) is 0 Å². The predicted molar refractivity (Wildman–Crippen MR) is 95.6 cm³/mol. The lowest BCUT2D eigenvalue weighted by Crippen LogP contribution is -2.23. The monoisotopic (exact) mass is 415 g/mol. The van der Waals surface area contributed by atoms with Crippen molar-refractivity contribution >= 4 is 43.2 Å². The van der Waals surface area contributed by atoms with E-state index in [9.17, 15) is 0 Å². The van der Waals surface area contributed by atoms with E-state index in [0.29, 0.717) is 6.04 Å². The summed E-state index contributed by atoms with van der Waals surface area (Å²) < 4.78 is 2.31. The highest BCUT2D eigenvalue weighted by Gasteiger charge is 2.15. The number of hydrogen-bond acceptors (Lipinski definition) is 2. The van der Waals surface area contributed by atoms with E-state index in [0.717, 1.165) is 23.9 Å². The molecule has 0 amide bonds. The molecule has 1 N–H and O–H groups in total. The van der Waals surface area contributed by atoms with Gasteiger partial charge < -0.3 is 5.32 Å². The van der Waals surface area contributed by atoms with Gasteiger partial charge in [0.15, 0.2) is 0 Å². The van der Waals surface area contributed by atoms with Gasteiger partial charge in [-0.1, -0.05) is 36.8 Å². The smallest absolute Gasteiger partial charge is 0.0843 e. The van der Waals surface area contributed by atoms with Gasteiger partial charge in [-0.05, 0) is 69.8 Å². The van der Waals surface area contributed by atoms with E-state index in [-0.39, 0.29) is 0 Å². The molecule has 20 heavy (non-hydrogen) atoms. The van der Waals surface area contributed by atoms with Crippen molar-refractivity contribution in [1.82, 2.24) is 5.32 Å². The fourth-order valence-corrected chi connectivity index (χ4v) is 4.25. The van der Waals surface area contributed by atoms with Crippen molar-refractivity contribution < 1.29 is 0 Å². The zero-order valence-corrected chi connectivity index (χ0v) is 15.7. The molecule has 1 unspecified atom stereocenters. The molecule has 1 aromatic carbocycles. The van der Waals surface area contributed by atoms with E-state index in [1.54, 1.807) is 11.3 Å². The quantitative estimate of drug-likeness (QED) is 0.621. The molecule has 0 aliphatic rings. The third-order valence-corrected chi connectivity index (χ3v) is 6.58. The number of hydrogen-bond donors (Lipinski definition) is 1. The van der Waals surface area contributed by atoms with Crippen molar-refractivity contribution in [2.45, 2.75) is 32.7 Å². The van der Waals surface area contributed by atoms with Crippen molar-refractivity contribution in [2.75, 3.05) is 6.54 Å². The Balaban J connectivity index is 2.16. The van der Waals surface area contributed by atoms with Crippen LogP contribution in [-0.2, 0) is 6.42 Å². The number of halogens is 2. The molecular weight excluding hydrogens is 398 g/mol. The normalized spacial score (nSPS) is 12.6. The third kappa shape index (κ3) is 4.42. The van der Waals surface area contributed by atoms with E-state index in [4.69, 9.17) is 0 Å². The highest BCUT2D eigenvalue weighted by atomic mass is 79.9. The van der Waals surface area contributed by atoms with Crippen LogP contribution in [0.1, 0.15) is 35.4 Å². The largest absolute Gasteiger partial charge is 0.309 e. The fraction of sp³-hybridized carbons (Fsp3) is 0.375. The maximum atomic E-state index is 3.66. The average molecular weight is 417 g/mol. The first-order chi connectivity index (χ1) is 9.60. The minimum atomic E-state index is 0.380.